The quantitative estimate of drug-likeness (QED) is 0.725. The molecule has 0 heterocycles. The van der Waals surface area contributed by atoms with E-state index in [1.54, 1.807) is 0 Å². The average Bonchev–Trinajstić information content (AvgIpc) is 2.13. The third-order valence-electron chi connectivity index (χ3n) is 3.65. The summed E-state index contributed by atoms with van der Waals surface area (Å²) in [6.07, 6.45) is 1.05. The fraction of sp³-hybridized carbons (Fsp3) is 1.00. The van der Waals surface area contributed by atoms with Crippen molar-refractivity contribution in [1.82, 2.24) is 0 Å². The first-order valence-corrected chi connectivity index (χ1v) is 9.25. The molecule has 0 fully saturated rings. The average molecular weight is 246 g/mol. The molecule has 0 saturated carbocycles. The lowest BCUT2D eigenvalue weighted by Crippen LogP contribution is -2.41. The normalized spacial score (nSPS) is 17.2. The van der Waals surface area contributed by atoms with Gasteiger partial charge in [-0.15, -0.1) is 0 Å². The summed E-state index contributed by atoms with van der Waals surface area (Å²) in [4.78, 5) is 0. The van der Waals surface area contributed by atoms with Crippen molar-refractivity contribution in [3.8, 4) is 0 Å². The highest BCUT2D eigenvalue weighted by molar-refractivity contribution is 6.74. The van der Waals surface area contributed by atoms with E-state index in [-0.39, 0.29) is 11.6 Å². The van der Waals surface area contributed by atoms with Crippen molar-refractivity contribution in [1.29, 1.82) is 0 Å². The minimum absolute atomic E-state index is 0.282. The lowest BCUT2D eigenvalue weighted by atomic mass is 9.99. The first-order valence-electron chi connectivity index (χ1n) is 6.35. The molecule has 0 amide bonds. The molecule has 16 heavy (non-hydrogen) atoms. The summed E-state index contributed by atoms with van der Waals surface area (Å²) in [6.45, 7) is 16.8. The SMILES string of the molecule is C[C@H](CO)C[C@H](C)CO[Si](C)(C)C(C)(C)C. The molecule has 0 aromatic carbocycles. The fourth-order valence-electron chi connectivity index (χ4n) is 1.40. The molecular formula is C13H30O2Si. The Morgan fingerprint density at radius 3 is 2.00 bits per heavy atom. The Labute approximate surface area is 103 Å². The fourth-order valence-corrected chi connectivity index (χ4v) is 2.53. The molecule has 0 aliphatic heterocycles. The lowest BCUT2D eigenvalue weighted by molar-refractivity contribution is 0.179. The van der Waals surface area contributed by atoms with E-state index in [4.69, 9.17) is 9.53 Å². The topological polar surface area (TPSA) is 29.5 Å². The molecule has 0 radical (unpaired) electrons. The van der Waals surface area contributed by atoms with Crippen molar-refractivity contribution in [2.24, 2.45) is 11.8 Å². The third-order valence-corrected chi connectivity index (χ3v) is 8.15. The zero-order valence-electron chi connectivity index (χ0n) is 12.1. The summed E-state index contributed by atoms with van der Waals surface area (Å²) < 4.78 is 6.16. The van der Waals surface area contributed by atoms with Crippen LogP contribution in [0.1, 0.15) is 41.0 Å². The van der Waals surface area contributed by atoms with Crippen LogP contribution >= 0.6 is 0 Å². The summed E-state index contributed by atoms with van der Waals surface area (Å²) in [5.74, 6) is 0.925. The van der Waals surface area contributed by atoms with Gasteiger partial charge < -0.3 is 9.53 Å². The molecule has 0 aromatic rings. The second-order valence-electron chi connectivity index (χ2n) is 6.70. The Morgan fingerprint density at radius 1 is 1.12 bits per heavy atom. The van der Waals surface area contributed by atoms with Gasteiger partial charge in [0.25, 0.3) is 0 Å². The van der Waals surface area contributed by atoms with Gasteiger partial charge in [-0.2, -0.15) is 0 Å². The summed E-state index contributed by atoms with van der Waals surface area (Å²) in [7, 11) is -1.59. The number of aliphatic hydroxyl groups excluding tert-OH is 1. The largest absolute Gasteiger partial charge is 0.417 e. The van der Waals surface area contributed by atoms with Gasteiger partial charge in [-0.25, -0.2) is 0 Å². The van der Waals surface area contributed by atoms with Crippen LogP contribution < -0.4 is 0 Å². The van der Waals surface area contributed by atoms with Crippen LogP contribution in [0.2, 0.25) is 18.1 Å². The maximum absolute atomic E-state index is 9.01. The second kappa shape index (κ2) is 6.17. The van der Waals surface area contributed by atoms with Gasteiger partial charge in [-0.1, -0.05) is 34.6 Å². The van der Waals surface area contributed by atoms with Crippen LogP contribution in [-0.2, 0) is 4.43 Å². The molecular weight excluding hydrogens is 216 g/mol. The van der Waals surface area contributed by atoms with Crippen LogP contribution in [0.25, 0.3) is 0 Å². The van der Waals surface area contributed by atoms with Crippen molar-refractivity contribution < 1.29 is 9.53 Å². The lowest BCUT2D eigenvalue weighted by Gasteiger charge is -2.37. The van der Waals surface area contributed by atoms with Crippen LogP contribution in [0, 0.1) is 11.8 Å². The zero-order chi connectivity index (χ0) is 13.0. The summed E-state index contributed by atoms with van der Waals surface area (Å²) in [5.41, 5.74) is 0. The maximum atomic E-state index is 9.01. The second-order valence-corrected chi connectivity index (χ2v) is 11.5. The molecule has 98 valence electrons. The highest BCUT2D eigenvalue weighted by atomic mass is 28.4. The zero-order valence-corrected chi connectivity index (χ0v) is 13.1. The van der Waals surface area contributed by atoms with E-state index in [1.807, 2.05) is 0 Å². The molecule has 2 nitrogen and oxygen atoms in total. The van der Waals surface area contributed by atoms with Gasteiger partial charge in [0.1, 0.15) is 0 Å². The molecule has 0 aliphatic rings. The Balaban J connectivity index is 4.05. The van der Waals surface area contributed by atoms with Gasteiger partial charge >= 0.3 is 0 Å². The summed E-state index contributed by atoms with van der Waals surface area (Å²) in [6, 6.07) is 0. The Morgan fingerprint density at radius 2 is 1.62 bits per heavy atom. The molecule has 1 N–H and O–H groups in total. The molecule has 3 heteroatoms. The van der Waals surface area contributed by atoms with Crippen LogP contribution in [0.4, 0.5) is 0 Å². The van der Waals surface area contributed by atoms with Crippen molar-refractivity contribution in [2.75, 3.05) is 13.2 Å². The van der Waals surface area contributed by atoms with Crippen LogP contribution in [0.3, 0.4) is 0 Å². The number of rotatable bonds is 6. The van der Waals surface area contributed by atoms with Gasteiger partial charge in [0, 0.05) is 13.2 Å². The smallest absolute Gasteiger partial charge is 0.191 e. The van der Waals surface area contributed by atoms with Gasteiger partial charge in [-0.05, 0) is 36.4 Å². The summed E-state index contributed by atoms with van der Waals surface area (Å²) in [5, 5.41) is 9.30. The standard InChI is InChI=1S/C13H30O2Si/c1-11(9-14)8-12(2)10-15-16(6,7)13(3,4)5/h11-12,14H,8-10H2,1-7H3/t11-,12-/m0/s1. The molecule has 2 atom stereocenters. The van der Waals surface area contributed by atoms with E-state index in [1.165, 1.54) is 0 Å². The minimum Gasteiger partial charge on any atom is -0.417 e. The van der Waals surface area contributed by atoms with Crippen molar-refractivity contribution in [3.05, 3.63) is 0 Å². The van der Waals surface area contributed by atoms with Gasteiger partial charge in [0.05, 0.1) is 0 Å². The monoisotopic (exact) mass is 246 g/mol. The minimum atomic E-state index is -1.59. The van der Waals surface area contributed by atoms with E-state index in [0.29, 0.717) is 11.8 Å². The molecule has 0 aromatic heterocycles. The molecule has 0 rings (SSSR count). The number of hydrogen-bond acceptors (Lipinski definition) is 2. The van der Waals surface area contributed by atoms with E-state index >= 15 is 0 Å². The van der Waals surface area contributed by atoms with E-state index in [9.17, 15) is 0 Å². The molecule has 0 bridgehead atoms. The molecule has 0 spiro atoms. The Hall–Kier alpha value is 0.137. The molecule has 0 saturated heterocycles. The van der Waals surface area contributed by atoms with E-state index in [0.717, 1.165) is 13.0 Å². The number of hydrogen-bond donors (Lipinski definition) is 1. The van der Waals surface area contributed by atoms with Crippen LogP contribution in [0.5, 0.6) is 0 Å². The van der Waals surface area contributed by atoms with Gasteiger partial charge in [0.15, 0.2) is 8.32 Å². The van der Waals surface area contributed by atoms with Gasteiger partial charge in [0.2, 0.25) is 0 Å². The van der Waals surface area contributed by atoms with E-state index in [2.05, 4.69) is 47.7 Å². The predicted molar refractivity (Wildman–Crippen MR) is 73.2 cm³/mol. The maximum Gasteiger partial charge on any atom is 0.191 e. The van der Waals surface area contributed by atoms with Crippen molar-refractivity contribution >= 4 is 8.32 Å². The van der Waals surface area contributed by atoms with Crippen LogP contribution in [0.15, 0.2) is 0 Å². The van der Waals surface area contributed by atoms with Gasteiger partial charge in [-0.3, -0.25) is 0 Å². The Kier molecular flexibility index (Phi) is 6.23. The highest BCUT2D eigenvalue weighted by Gasteiger charge is 2.37. The third kappa shape index (κ3) is 5.46. The van der Waals surface area contributed by atoms with Crippen molar-refractivity contribution in [3.63, 3.8) is 0 Å². The van der Waals surface area contributed by atoms with Crippen molar-refractivity contribution in [2.45, 2.75) is 59.2 Å². The number of aliphatic hydroxyl groups is 1. The summed E-state index contributed by atoms with van der Waals surface area (Å²) >= 11 is 0. The first-order chi connectivity index (χ1) is 7.10. The molecule has 0 aliphatic carbocycles. The van der Waals surface area contributed by atoms with Crippen LogP contribution in [-0.4, -0.2) is 26.6 Å². The molecule has 0 unspecified atom stereocenters. The predicted octanol–water partition coefficient (Wildman–Crippen LogP) is 3.66. The Bertz CT molecular complexity index is 197. The van der Waals surface area contributed by atoms with E-state index < -0.39 is 8.32 Å². The highest BCUT2D eigenvalue weighted by Crippen LogP contribution is 2.36. The first kappa shape index (κ1) is 16.1.